The quantitative estimate of drug-likeness (QED) is 0.580. The predicted octanol–water partition coefficient (Wildman–Crippen LogP) is 2.76. The summed E-state index contributed by atoms with van der Waals surface area (Å²) in [6.07, 6.45) is 2.06. The second-order valence-corrected chi connectivity index (χ2v) is 7.62. The highest BCUT2D eigenvalue weighted by Crippen LogP contribution is 2.26. The van der Waals surface area contributed by atoms with E-state index in [1.54, 1.807) is 0 Å². The largest absolute Gasteiger partial charge is 0.381 e. The molecule has 5 nitrogen and oxygen atoms in total. The standard InChI is InChI=1S/C21H36N4O/c1-6-22-20(23-15-18(3)19-9-7-8-17(2)14-19)24-16-21(25(4)5)10-12-26-13-11-21/h7-9,14,18H,6,10-13,15-16H2,1-5H3,(H2,22,23,24). The number of nitrogens with one attached hydrogen (secondary N) is 2. The molecule has 1 aliphatic heterocycles. The molecule has 1 heterocycles. The van der Waals surface area contributed by atoms with Gasteiger partial charge in [-0.2, -0.15) is 0 Å². The minimum absolute atomic E-state index is 0.1000. The Labute approximate surface area is 159 Å². The van der Waals surface area contributed by atoms with E-state index in [9.17, 15) is 0 Å². The summed E-state index contributed by atoms with van der Waals surface area (Å²) in [5.41, 5.74) is 2.77. The highest BCUT2D eigenvalue weighted by Gasteiger charge is 2.34. The van der Waals surface area contributed by atoms with Crippen LogP contribution in [0.1, 0.15) is 43.7 Å². The van der Waals surface area contributed by atoms with Crippen LogP contribution in [0.3, 0.4) is 0 Å². The van der Waals surface area contributed by atoms with Crippen molar-refractivity contribution < 1.29 is 4.74 Å². The fourth-order valence-corrected chi connectivity index (χ4v) is 3.41. The summed E-state index contributed by atoms with van der Waals surface area (Å²) in [6.45, 7) is 10.7. The maximum Gasteiger partial charge on any atom is 0.191 e. The highest BCUT2D eigenvalue weighted by atomic mass is 16.5. The Hall–Kier alpha value is -1.59. The monoisotopic (exact) mass is 360 g/mol. The number of likely N-dealkylation sites (N-methyl/N-ethyl adjacent to an activating group) is 1. The molecule has 5 heteroatoms. The minimum atomic E-state index is 0.1000. The van der Waals surface area contributed by atoms with Crippen LogP contribution >= 0.6 is 0 Å². The third-order valence-electron chi connectivity index (χ3n) is 5.43. The van der Waals surface area contributed by atoms with Crippen molar-refractivity contribution in [2.24, 2.45) is 4.99 Å². The van der Waals surface area contributed by atoms with Gasteiger partial charge >= 0.3 is 0 Å². The second kappa shape index (κ2) is 9.93. The van der Waals surface area contributed by atoms with E-state index in [2.05, 4.69) is 74.7 Å². The van der Waals surface area contributed by atoms with Crippen LogP contribution in [0.4, 0.5) is 0 Å². The number of benzene rings is 1. The van der Waals surface area contributed by atoms with Crippen LogP contribution < -0.4 is 10.6 Å². The third kappa shape index (κ3) is 5.71. The van der Waals surface area contributed by atoms with Gasteiger partial charge in [0, 0.05) is 31.8 Å². The number of hydrogen-bond donors (Lipinski definition) is 2. The van der Waals surface area contributed by atoms with Crippen molar-refractivity contribution in [3.8, 4) is 0 Å². The molecule has 0 aromatic heterocycles. The summed E-state index contributed by atoms with van der Waals surface area (Å²) in [6, 6.07) is 8.74. The second-order valence-electron chi connectivity index (χ2n) is 7.62. The molecule has 1 fully saturated rings. The molecule has 1 aliphatic rings. The Kier molecular flexibility index (Phi) is 7.91. The van der Waals surface area contributed by atoms with E-state index in [0.717, 1.165) is 51.6 Å². The molecule has 1 unspecified atom stereocenters. The minimum Gasteiger partial charge on any atom is -0.381 e. The van der Waals surface area contributed by atoms with Gasteiger partial charge in [-0.05, 0) is 52.3 Å². The molecule has 26 heavy (non-hydrogen) atoms. The number of hydrogen-bond acceptors (Lipinski definition) is 3. The number of rotatable bonds is 7. The molecule has 1 aromatic rings. The van der Waals surface area contributed by atoms with Crippen molar-refractivity contribution in [2.75, 3.05) is 46.9 Å². The normalized spacial score (nSPS) is 18.6. The summed E-state index contributed by atoms with van der Waals surface area (Å²) in [5, 5.41) is 6.91. The first-order chi connectivity index (χ1) is 12.5. The molecule has 0 saturated carbocycles. The maximum atomic E-state index is 5.56. The fourth-order valence-electron chi connectivity index (χ4n) is 3.41. The Morgan fingerprint density at radius 1 is 1.27 bits per heavy atom. The van der Waals surface area contributed by atoms with Gasteiger partial charge in [0.25, 0.3) is 0 Å². The number of aliphatic imine (C=N–C) groups is 1. The molecular formula is C21H36N4O. The highest BCUT2D eigenvalue weighted by molar-refractivity contribution is 5.79. The van der Waals surface area contributed by atoms with Gasteiger partial charge in [-0.3, -0.25) is 4.99 Å². The van der Waals surface area contributed by atoms with Gasteiger partial charge in [-0.25, -0.2) is 0 Å². The lowest BCUT2D eigenvalue weighted by molar-refractivity contribution is -0.00254. The van der Waals surface area contributed by atoms with E-state index in [1.807, 2.05) is 0 Å². The van der Waals surface area contributed by atoms with Crippen LogP contribution in [0.25, 0.3) is 0 Å². The molecule has 0 radical (unpaired) electrons. The molecule has 0 amide bonds. The number of aryl methyl sites for hydroxylation is 1. The zero-order valence-electron chi connectivity index (χ0n) is 17.1. The summed E-state index contributed by atoms with van der Waals surface area (Å²) in [7, 11) is 4.31. The van der Waals surface area contributed by atoms with Gasteiger partial charge in [0.1, 0.15) is 0 Å². The average Bonchev–Trinajstić information content (AvgIpc) is 2.64. The van der Waals surface area contributed by atoms with Gasteiger partial charge in [-0.15, -0.1) is 0 Å². The van der Waals surface area contributed by atoms with Gasteiger partial charge < -0.3 is 20.3 Å². The van der Waals surface area contributed by atoms with Gasteiger partial charge in [0.05, 0.1) is 6.54 Å². The fraction of sp³-hybridized carbons (Fsp3) is 0.667. The lowest BCUT2D eigenvalue weighted by Crippen LogP contribution is -2.51. The number of ether oxygens (including phenoxy) is 1. The molecule has 0 spiro atoms. The van der Waals surface area contributed by atoms with E-state index >= 15 is 0 Å². The number of nitrogens with zero attached hydrogens (tertiary/aromatic N) is 2. The first-order valence-electron chi connectivity index (χ1n) is 9.81. The molecule has 2 N–H and O–H groups in total. The van der Waals surface area contributed by atoms with Crippen molar-refractivity contribution in [3.63, 3.8) is 0 Å². The van der Waals surface area contributed by atoms with Crippen molar-refractivity contribution in [3.05, 3.63) is 35.4 Å². The zero-order valence-corrected chi connectivity index (χ0v) is 17.1. The van der Waals surface area contributed by atoms with E-state index in [1.165, 1.54) is 11.1 Å². The SMILES string of the molecule is CCNC(=NCC1(N(C)C)CCOCC1)NCC(C)c1cccc(C)c1. The van der Waals surface area contributed by atoms with Crippen LogP contribution in [-0.4, -0.2) is 63.3 Å². The van der Waals surface area contributed by atoms with Crippen molar-refractivity contribution in [2.45, 2.75) is 45.1 Å². The lowest BCUT2D eigenvalue weighted by Gasteiger charge is -2.41. The first-order valence-corrected chi connectivity index (χ1v) is 9.81. The average molecular weight is 361 g/mol. The summed E-state index contributed by atoms with van der Waals surface area (Å²) in [5.74, 6) is 1.34. The molecule has 0 bridgehead atoms. The molecular weight excluding hydrogens is 324 g/mol. The molecule has 146 valence electrons. The Morgan fingerprint density at radius 3 is 2.62 bits per heavy atom. The van der Waals surface area contributed by atoms with Crippen molar-refractivity contribution in [1.82, 2.24) is 15.5 Å². The van der Waals surface area contributed by atoms with Crippen molar-refractivity contribution >= 4 is 5.96 Å². The maximum absolute atomic E-state index is 5.56. The third-order valence-corrected chi connectivity index (χ3v) is 5.43. The van der Waals surface area contributed by atoms with Crippen LogP contribution in [-0.2, 0) is 4.74 Å². The Balaban J connectivity index is 1.99. The molecule has 1 atom stereocenters. The molecule has 1 aromatic carbocycles. The predicted molar refractivity (Wildman–Crippen MR) is 110 cm³/mol. The smallest absolute Gasteiger partial charge is 0.191 e. The summed E-state index contributed by atoms with van der Waals surface area (Å²) in [4.78, 5) is 7.23. The van der Waals surface area contributed by atoms with Crippen LogP contribution in [0.5, 0.6) is 0 Å². The lowest BCUT2D eigenvalue weighted by atomic mass is 9.89. The summed E-state index contributed by atoms with van der Waals surface area (Å²) < 4.78 is 5.56. The topological polar surface area (TPSA) is 48.9 Å². The first kappa shape index (κ1) is 20.7. The van der Waals surface area contributed by atoms with E-state index in [4.69, 9.17) is 9.73 Å². The summed E-state index contributed by atoms with van der Waals surface area (Å²) >= 11 is 0. The molecule has 2 rings (SSSR count). The Morgan fingerprint density at radius 2 is 2.00 bits per heavy atom. The van der Waals surface area contributed by atoms with Crippen molar-refractivity contribution in [1.29, 1.82) is 0 Å². The molecule has 1 saturated heterocycles. The van der Waals surface area contributed by atoms with Gasteiger partial charge in [0.2, 0.25) is 0 Å². The van der Waals surface area contributed by atoms with Crippen LogP contribution in [0.15, 0.2) is 29.3 Å². The van der Waals surface area contributed by atoms with Gasteiger partial charge in [0.15, 0.2) is 5.96 Å². The Bertz CT molecular complexity index is 579. The van der Waals surface area contributed by atoms with E-state index in [0.29, 0.717) is 5.92 Å². The van der Waals surface area contributed by atoms with Crippen LogP contribution in [0.2, 0.25) is 0 Å². The zero-order chi connectivity index (χ0) is 19.0. The van der Waals surface area contributed by atoms with E-state index in [-0.39, 0.29) is 5.54 Å². The molecule has 0 aliphatic carbocycles. The van der Waals surface area contributed by atoms with E-state index < -0.39 is 0 Å². The van der Waals surface area contributed by atoms with Gasteiger partial charge in [-0.1, -0.05) is 36.8 Å². The number of guanidine groups is 1. The van der Waals surface area contributed by atoms with Crippen LogP contribution in [0, 0.1) is 6.92 Å².